The lowest BCUT2D eigenvalue weighted by atomic mass is 9.61. The lowest BCUT2D eigenvalue weighted by Crippen LogP contribution is -2.49. The van der Waals surface area contributed by atoms with E-state index in [1.54, 1.807) is 0 Å². The van der Waals surface area contributed by atoms with Crippen LogP contribution in [0.4, 0.5) is 0 Å². The molecule has 2 saturated carbocycles. The van der Waals surface area contributed by atoms with E-state index in [1.807, 2.05) is 82.4 Å². The van der Waals surface area contributed by atoms with Crippen molar-refractivity contribution < 1.29 is 33.7 Å². The van der Waals surface area contributed by atoms with Crippen LogP contribution in [0.2, 0.25) is 0 Å². The van der Waals surface area contributed by atoms with Gasteiger partial charge in [-0.1, -0.05) is 268 Å². The van der Waals surface area contributed by atoms with E-state index in [1.165, 1.54) is 141 Å². The predicted octanol–water partition coefficient (Wildman–Crippen LogP) is 20.2. The van der Waals surface area contributed by atoms with Crippen molar-refractivity contribution in [1.82, 2.24) is 0 Å². The number of hydrogen-bond acceptors (Lipinski definition) is 7. The highest BCUT2D eigenvalue weighted by molar-refractivity contribution is 5.96. The number of carbonyl (C=O) groups excluding carboxylic acids is 3. The molecule has 79 heavy (non-hydrogen) atoms. The molecule has 0 aromatic heterocycles. The van der Waals surface area contributed by atoms with Gasteiger partial charge in [0.05, 0.1) is 11.2 Å². The quantitative estimate of drug-likeness (QED) is 0.0163. The summed E-state index contributed by atoms with van der Waals surface area (Å²) < 4.78 is 18.5. The Bertz CT molecular complexity index is 2110. The molecule has 0 unspecified atom stereocenters. The van der Waals surface area contributed by atoms with Crippen molar-refractivity contribution in [2.24, 2.45) is 10.8 Å². The third-order valence-electron chi connectivity index (χ3n) is 17.4. The smallest absolute Gasteiger partial charge is 0.306 e. The van der Waals surface area contributed by atoms with Gasteiger partial charge in [-0.2, -0.15) is 0 Å². The average Bonchev–Trinajstić information content (AvgIpc) is 4.03. The van der Waals surface area contributed by atoms with Crippen molar-refractivity contribution in [2.75, 3.05) is 0 Å². The molecule has 7 heteroatoms. The number of hydrogen-bond donors (Lipinski definition) is 1. The van der Waals surface area contributed by atoms with Gasteiger partial charge in [0.25, 0.3) is 0 Å². The SMILES string of the molecule is CCCCCCCCCCCCCCCC(=O)O[C@H]1CC(C)(C)[C@]2(CC(=O)/C(C)=C/C=C/C(C)=C/C=C/C=C(C)/C=C/C=C(\C)C=C=C3C(C)(C)C[C@H](OC(=O)CCCCCCCCCCCCCCC)C[C@@]3(C)O)O[C@]2(C)C1. The zero-order valence-corrected chi connectivity index (χ0v) is 52.7. The van der Waals surface area contributed by atoms with Crippen LogP contribution in [0, 0.1) is 10.8 Å². The number of fused-ring (bicyclic) bond motifs is 1. The minimum Gasteiger partial charge on any atom is -0.462 e. The highest BCUT2D eigenvalue weighted by Crippen LogP contribution is 2.67. The molecule has 1 saturated heterocycles. The number of aliphatic hydroxyl groups is 1. The number of allylic oxidation sites excluding steroid dienone is 14. The molecule has 0 bridgehead atoms. The second-order valence-electron chi connectivity index (χ2n) is 26.2. The van der Waals surface area contributed by atoms with Gasteiger partial charge in [-0.15, -0.1) is 5.73 Å². The van der Waals surface area contributed by atoms with Gasteiger partial charge in [-0.05, 0) is 89.9 Å². The van der Waals surface area contributed by atoms with E-state index in [2.05, 4.69) is 73.3 Å². The second kappa shape index (κ2) is 36.6. The molecule has 0 aromatic carbocycles. The number of ketones is 1. The van der Waals surface area contributed by atoms with E-state index >= 15 is 0 Å². The van der Waals surface area contributed by atoms with Crippen molar-refractivity contribution in [3.05, 3.63) is 100 Å². The van der Waals surface area contributed by atoms with Crippen molar-refractivity contribution >= 4 is 17.7 Å². The third kappa shape index (κ3) is 26.4. The Balaban J connectivity index is 1.37. The topological polar surface area (TPSA) is 102 Å². The van der Waals surface area contributed by atoms with E-state index in [0.29, 0.717) is 50.5 Å². The fourth-order valence-corrected chi connectivity index (χ4v) is 12.6. The van der Waals surface area contributed by atoms with Gasteiger partial charge in [0.1, 0.15) is 17.8 Å². The van der Waals surface area contributed by atoms with Crippen LogP contribution in [0.5, 0.6) is 0 Å². The van der Waals surface area contributed by atoms with Gasteiger partial charge >= 0.3 is 11.9 Å². The maximum Gasteiger partial charge on any atom is 0.306 e. The molecule has 7 nitrogen and oxygen atoms in total. The summed E-state index contributed by atoms with van der Waals surface area (Å²) in [6, 6.07) is 0. The molecule has 446 valence electrons. The molecular formula is C72H116O7. The summed E-state index contributed by atoms with van der Waals surface area (Å²) >= 11 is 0. The predicted molar refractivity (Wildman–Crippen MR) is 333 cm³/mol. The van der Waals surface area contributed by atoms with E-state index in [9.17, 15) is 19.5 Å². The number of ether oxygens (including phenoxy) is 3. The summed E-state index contributed by atoms with van der Waals surface area (Å²) in [5.41, 5.74) is 5.27. The molecule has 2 aliphatic carbocycles. The highest BCUT2D eigenvalue weighted by Gasteiger charge is 2.76. The zero-order valence-electron chi connectivity index (χ0n) is 52.7. The first kappa shape index (κ1) is 69.5. The number of esters is 2. The maximum absolute atomic E-state index is 13.6. The summed E-state index contributed by atoms with van der Waals surface area (Å²) in [5, 5.41) is 11.6. The summed E-state index contributed by atoms with van der Waals surface area (Å²) in [7, 11) is 0. The van der Waals surface area contributed by atoms with Crippen molar-refractivity contribution in [3.63, 3.8) is 0 Å². The van der Waals surface area contributed by atoms with Gasteiger partial charge in [-0.3, -0.25) is 14.4 Å². The Morgan fingerprint density at radius 1 is 0.519 bits per heavy atom. The van der Waals surface area contributed by atoms with Crippen LogP contribution in [-0.4, -0.2) is 51.8 Å². The van der Waals surface area contributed by atoms with Crippen LogP contribution < -0.4 is 0 Å². The van der Waals surface area contributed by atoms with Crippen LogP contribution in [0.15, 0.2) is 100 Å². The minimum absolute atomic E-state index is 0.0813. The van der Waals surface area contributed by atoms with Gasteiger partial charge in [0.15, 0.2) is 5.78 Å². The molecule has 1 heterocycles. The van der Waals surface area contributed by atoms with Gasteiger partial charge < -0.3 is 19.3 Å². The lowest BCUT2D eigenvalue weighted by Gasteiger charge is -2.44. The molecule has 0 radical (unpaired) electrons. The normalized spacial score (nSPS) is 24.3. The Morgan fingerprint density at radius 3 is 1.33 bits per heavy atom. The molecule has 5 atom stereocenters. The zero-order chi connectivity index (χ0) is 58.2. The van der Waals surface area contributed by atoms with Gasteiger partial charge in [-0.25, -0.2) is 0 Å². The summed E-state index contributed by atoms with van der Waals surface area (Å²) in [6.07, 6.45) is 58.3. The van der Waals surface area contributed by atoms with E-state index < -0.39 is 16.8 Å². The minimum atomic E-state index is -1.13. The maximum atomic E-state index is 13.6. The monoisotopic (exact) mass is 1090 g/mol. The van der Waals surface area contributed by atoms with Gasteiger partial charge in [0, 0.05) is 43.1 Å². The summed E-state index contributed by atoms with van der Waals surface area (Å²) in [5.74, 6) is -0.172. The van der Waals surface area contributed by atoms with Crippen LogP contribution in [0.1, 0.15) is 295 Å². The standard InChI is InChI=1S/C72H116O7/c1-13-15-17-19-21-23-25-27-29-31-33-35-37-49-66(74)77-62-53-68(7,8)65(70(11,76)55-62)52-51-60(5)46-41-45-58(3)43-39-40-44-59(4)47-42-48-61(6)64(73)57-72-69(9,10)54-63(56-71(72,12)79-72)78-67(75)50-38-36-34-32-30-28-26-24-22-20-18-16-14-2/h39-48,51,62-63,76H,13-38,49-50,53-57H2,1-12H3/b40-39+,45-41+,47-42+,58-43+,59-44+,60-46+,61-48+/t52?,62-,63-,70+,71+,72-/m0/s1. The van der Waals surface area contributed by atoms with Crippen LogP contribution >= 0.6 is 0 Å². The largest absolute Gasteiger partial charge is 0.462 e. The number of carbonyl (C=O) groups is 3. The Morgan fingerprint density at radius 2 is 0.911 bits per heavy atom. The van der Waals surface area contributed by atoms with E-state index in [-0.39, 0.29) is 40.8 Å². The van der Waals surface area contributed by atoms with Crippen LogP contribution in [-0.2, 0) is 28.6 Å². The fourth-order valence-electron chi connectivity index (χ4n) is 12.6. The second-order valence-corrected chi connectivity index (χ2v) is 26.2. The third-order valence-corrected chi connectivity index (χ3v) is 17.4. The molecule has 1 N–H and O–H groups in total. The number of unbranched alkanes of at least 4 members (excludes halogenated alkanes) is 24. The number of Topliss-reactive ketones (excluding diaryl/α,β-unsaturated/α-hetero) is 1. The van der Waals surface area contributed by atoms with Crippen LogP contribution in [0.25, 0.3) is 0 Å². The first-order valence-electron chi connectivity index (χ1n) is 32.1. The molecule has 3 fully saturated rings. The lowest BCUT2D eigenvalue weighted by molar-refractivity contribution is -0.156. The Labute approximate surface area is 484 Å². The van der Waals surface area contributed by atoms with E-state index in [4.69, 9.17) is 14.2 Å². The molecular weight excluding hydrogens is 977 g/mol. The number of epoxide rings is 1. The first-order valence-corrected chi connectivity index (χ1v) is 32.1. The number of rotatable bonds is 40. The first-order chi connectivity index (χ1) is 37.6. The molecule has 3 aliphatic rings. The van der Waals surface area contributed by atoms with E-state index in [0.717, 1.165) is 48.0 Å². The van der Waals surface area contributed by atoms with Gasteiger partial charge in [0.2, 0.25) is 0 Å². The average molecular weight is 1090 g/mol. The molecule has 0 aromatic rings. The van der Waals surface area contributed by atoms with Crippen molar-refractivity contribution in [1.29, 1.82) is 0 Å². The van der Waals surface area contributed by atoms with Crippen LogP contribution in [0.3, 0.4) is 0 Å². The summed E-state index contributed by atoms with van der Waals surface area (Å²) in [6.45, 7) is 25.0. The molecule has 0 amide bonds. The molecule has 0 spiro atoms. The Kier molecular flexibility index (Phi) is 32.2. The molecule has 1 aliphatic heterocycles. The summed E-state index contributed by atoms with van der Waals surface area (Å²) in [4.78, 5) is 39.3. The molecule has 3 rings (SSSR count). The fraction of sp³-hybridized carbons (Fsp3) is 0.722. The van der Waals surface area contributed by atoms with Crippen molar-refractivity contribution in [3.8, 4) is 0 Å². The van der Waals surface area contributed by atoms with Crippen molar-refractivity contribution in [2.45, 2.75) is 324 Å². The highest BCUT2D eigenvalue weighted by atomic mass is 16.6. The Hall–Kier alpha value is -3.77.